The Morgan fingerprint density at radius 1 is 1.32 bits per heavy atom. The lowest BCUT2D eigenvalue weighted by Crippen LogP contribution is -2.22. The molecule has 2 aromatic rings. The number of anilines is 1. The maximum atomic E-state index is 13.8. The molecule has 0 atom stereocenters. The topological polar surface area (TPSA) is 66.5 Å². The molecule has 2 rings (SSSR count). The minimum Gasteiger partial charge on any atom is -0.323 e. The second-order valence-corrected chi connectivity index (χ2v) is 7.92. The molecular formula is C14H15FN2O3S2. The largest absolute Gasteiger partial charge is 0.323 e. The van der Waals surface area contributed by atoms with Crippen LogP contribution in [0.15, 0.2) is 40.6 Å². The van der Waals surface area contributed by atoms with Crippen LogP contribution in [0.2, 0.25) is 0 Å². The van der Waals surface area contributed by atoms with Gasteiger partial charge in [0.1, 0.15) is 5.82 Å². The SMILES string of the molecule is CN(C)S(=O)(=O)c1ccc(F)c(NC(=O)Cc2cccs2)c1. The standard InChI is InChI=1S/C14H15FN2O3S2/c1-17(2)22(19,20)11-5-6-12(15)13(9-11)16-14(18)8-10-4-3-7-21-10/h3-7,9H,8H2,1-2H3,(H,16,18). The number of carbonyl (C=O) groups excluding carboxylic acids is 1. The molecule has 8 heteroatoms. The van der Waals surface area contributed by atoms with Gasteiger partial charge in [0.25, 0.3) is 0 Å². The first-order valence-electron chi connectivity index (χ1n) is 6.35. The Balaban J connectivity index is 2.22. The molecule has 0 fully saturated rings. The first-order chi connectivity index (χ1) is 10.3. The number of sulfonamides is 1. The van der Waals surface area contributed by atoms with Crippen molar-refractivity contribution in [1.82, 2.24) is 4.31 Å². The molecule has 0 aliphatic carbocycles. The second kappa shape index (κ2) is 6.55. The Hall–Kier alpha value is -1.77. The van der Waals surface area contributed by atoms with E-state index in [0.717, 1.165) is 21.3 Å². The van der Waals surface area contributed by atoms with E-state index < -0.39 is 21.7 Å². The Morgan fingerprint density at radius 3 is 2.64 bits per heavy atom. The van der Waals surface area contributed by atoms with Gasteiger partial charge in [0, 0.05) is 19.0 Å². The number of nitrogens with one attached hydrogen (secondary N) is 1. The van der Waals surface area contributed by atoms with Gasteiger partial charge in [-0.3, -0.25) is 4.79 Å². The van der Waals surface area contributed by atoms with Gasteiger partial charge in [-0.05, 0) is 29.6 Å². The molecule has 0 aliphatic rings. The summed E-state index contributed by atoms with van der Waals surface area (Å²) in [6.45, 7) is 0. The molecule has 0 bridgehead atoms. The number of halogens is 1. The van der Waals surface area contributed by atoms with E-state index in [1.807, 2.05) is 11.4 Å². The van der Waals surface area contributed by atoms with E-state index in [1.54, 1.807) is 6.07 Å². The van der Waals surface area contributed by atoms with Crippen molar-refractivity contribution in [2.75, 3.05) is 19.4 Å². The van der Waals surface area contributed by atoms with E-state index in [4.69, 9.17) is 0 Å². The molecule has 1 aromatic carbocycles. The summed E-state index contributed by atoms with van der Waals surface area (Å²) < 4.78 is 38.9. The van der Waals surface area contributed by atoms with E-state index in [1.165, 1.54) is 31.5 Å². The van der Waals surface area contributed by atoms with E-state index in [-0.39, 0.29) is 17.0 Å². The maximum absolute atomic E-state index is 13.8. The highest BCUT2D eigenvalue weighted by molar-refractivity contribution is 7.89. The Bertz CT molecular complexity index is 771. The van der Waals surface area contributed by atoms with Gasteiger partial charge >= 0.3 is 0 Å². The number of amides is 1. The van der Waals surface area contributed by atoms with Crippen molar-refractivity contribution in [3.05, 3.63) is 46.4 Å². The van der Waals surface area contributed by atoms with Crippen molar-refractivity contribution >= 4 is 33.0 Å². The van der Waals surface area contributed by atoms with Crippen LogP contribution in [0.1, 0.15) is 4.88 Å². The number of hydrogen-bond donors (Lipinski definition) is 1. The van der Waals surface area contributed by atoms with Gasteiger partial charge in [0.2, 0.25) is 15.9 Å². The van der Waals surface area contributed by atoms with Crippen molar-refractivity contribution in [3.63, 3.8) is 0 Å². The van der Waals surface area contributed by atoms with Crippen molar-refractivity contribution in [2.45, 2.75) is 11.3 Å². The molecular weight excluding hydrogens is 327 g/mol. The van der Waals surface area contributed by atoms with Gasteiger partial charge in [-0.2, -0.15) is 0 Å². The van der Waals surface area contributed by atoms with Gasteiger partial charge in [0.15, 0.2) is 0 Å². The number of benzene rings is 1. The fourth-order valence-corrected chi connectivity index (χ4v) is 3.37. The molecule has 118 valence electrons. The summed E-state index contributed by atoms with van der Waals surface area (Å²) in [6, 6.07) is 6.93. The van der Waals surface area contributed by atoms with Gasteiger partial charge in [-0.15, -0.1) is 11.3 Å². The third kappa shape index (κ3) is 3.70. The van der Waals surface area contributed by atoms with E-state index in [2.05, 4.69) is 5.32 Å². The normalized spacial score (nSPS) is 11.6. The molecule has 1 heterocycles. The lowest BCUT2D eigenvalue weighted by Gasteiger charge is -2.13. The van der Waals surface area contributed by atoms with Crippen LogP contribution in [0.3, 0.4) is 0 Å². The van der Waals surface area contributed by atoms with Crippen molar-refractivity contribution in [3.8, 4) is 0 Å². The Kier molecular flexibility index (Phi) is 4.94. The quantitative estimate of drug-likeness (QED) is 0.907. The van der Waals surface area contributed by atoms with Crippen LogP contribution in [0.25, 0.3) is 0 Å². The third-order valence-electron chi connectivity index (χ3n) is 2.91. The molecule has 0 saturated carbocycles. The van der Waals surface area contributed by atoms with Gasteiger partial charge < -0.3 is 5.32 Å². The van der Waals surface area contributed by atoms with Crippen LogP contribution in [0.4, 0.5) is 10.1 Å². The summed E-state index contributed by atoms with van der Waals surface area (Å²) in [5.74, 6) is -1.09. The monoisotopic (exact) mass is 342 g/mol. The first kappa shape index (κ1) is 16.6. The molecule has 1 amide bonds. The molecule has 22 heavy (non-hydrogen) atoms. The molecule has 0 radical (unpaired) electrons. The first-order valence-corrected chi connectivity index (χ1v) is 8.67. The molecule has 0 spiro atoms. The summed E-state index contributed by atoms with van der Waals surface area (Å²) in [5.41, 5.74) is -0.149. The van der Waals surface area contributed by atoms with Gasteiger partial charge in [-0.1, -0.05) is 6.07 Å². The molecule has 0 unspecified atom stereocenters. The fourth-order valence-electron chi connectivity index (χ4n) is 1.74. The predicted molar refractivity (Wildman–Crippen MR) is 83.9 cm³/mol. The van der Waals surface area contributed by atoms with Crippen LogP contribution >= 0.6 is 11.3 Å². The highest BCUT2D eigenvalue weighted by Gasteiger charge is 2.19. The number of nitrogens with zero attached hydrogens (tertiary/aromatic N) is 1. The number of thiophene rings is 1. The number of rotatable bonds is 5. The molecule has 0 aliphatic heterocycles. The molecule has 0 saturated heterocycles. The molecule has 1 N–H and O–H groups in total. The zero-order valence-electron chi connectivity index (χ0n) is 12.0. The number of carbonyl (C=O) groups is 1. The molecule has 5 nitrogen and oxygen atoms in total. The van der Waals surface area contributed by atoms with E-state index in [0.29, 0.717) is 0 Å². The van der Waals surface area contributed by atoms with Gasteiger partial charge in [0.05, 0.1) is 17.0 Å². The average molecular weight is 342 g/mol. The number of hydrogen-bond acceptors (Lipinski definition) is 4. The van der Waals surface area contributed by atoms with Crippen molar-refractivity contribution in [1.29, 1.82) is 0 Å². The summed E-state index contributed by atoms with van der Waals surface area (Å²) in [7, 11) is -0.919. The average Bonchev–Trinajstić information content (AvgIpc) is 2.93. The van der Waals surface area contributed by atoms with Crippen LogP contribution < -0.4 is 5.32 Å². The lowest BCUT2D eigenvalue weighted by molar-refractivity contribution is -0.115. The Labute approximate surface area is 132 Å². The Morgan fingerprint density at radius 2 is 2.05 bits per heavy atom. The van der Waals surface area contributed by atoms with Gasteiger partial charge in [-0.25, -0.2) is 17.1 Å². The molecule has 1 aromatic heterocycles. The maximum Gasteiger partial charge on any atom is 0.242 e. The van der Waals surface area contributed by atoms with Crippen LogP contribution in [0.5, 0.6) is 0 Å². The third-order valence-corrected chi connectivity index (χ3v) is 5.59. The van der Waals surface area contributed by atoms with Crippen LogP contribution in [-0.2, 0) is 21.2 Å². The predicted octanol–water partition coefficient (Wildman–Crippen LogP) is 2.32. The van der Waals surface area contributed by atoms with Crippen molar-refractivity contribution in [2.24, 2.45) is 0 Å². The summed E-state index contributed by atoms with van der Waals surface area (Å²) in [6.07, 6.45) is 0.113. The summed E-state index contributed by atoms with van der Waals surface area (Å²) in [4.78, 5) is 12.7. The zero-order chi connectivity index (χ0) is 16.3. The summed E-state index contributed by atoms with van der Waals surface area (Å²) in [5, 5.41) is 4.25. The van der Waals surface area contributed by atoms with Crippen LogP contribution in [0, 0.1) is 5.82 Å². The highest BCUT2D eigenvalue weighted by Crippen LogP contribution is 2.22. The zero-order valence-corrected chi connectivity index (χ0v) is 13.7. The second-order valence-electron chi connectivity index (χ2n) is 4.73. The van der Waals surface area contributed by atoms with Crippen molar-refractivity contribution < 1.29 is 17.6 Å². The fraction of sp³-hybridized carbons (Fsp3) is 0.214. The lowest BCUT2D eigenvalue weighted by atomic mass is 10.2. The minimum absolute atomic E-state index is 0.0784. The summed E-state index contributed by atoms with van der Waals surface area (Å²) >= 11 is 1.42. The van der Waals surface area contributed by atoms with Crippen LogP contribution in [-0.4, -0.2) is 32.7 Å². The van der Waals surface area contributed by atoms with E-state index in [9.17, 15) is 17.6 Å². The highest BCUT2D eigenvalue weighted by atomic mass is 32.2. The smallest absolute Gasteiger partial charge is 0.242 e. The van der Waals surface area contributed by atoms with E-state index >= 15 is 0 Å². The minimum atomic E-state index is -3.68.